The third kappa shape index (κ3) is 3.58. The Hall–Kier alpha value is -1.85. The lowest BCUT2D eigenvalue weighted by molar-refractivity contribution is -0.140. The van der Waals surface area contributed by atoms with Crippen molar-refractivity contribution in [2.24, 2.45) is 5.41 Å². The quantitative estimate of drug-likeness (QED) is 0.895. The van der Waals surface area contributed by atoms with Crippen LogP contribution < -0.4 is 0 Å². The number of nitrogens with one attached hydrogen (secondary N) is 1. The van der Waals surface area contributed by atoms with E-state index in [1.165, 1.54) is 19.3 Å². The van der Waals surface area contributed by atoms with E-state index in [1.54, 1.807) is 0 Å². The highest BCUT2D eigenvalue weighted by molar-refractivity contribution is 5.94. The minimum absolute atomic E-state index is 0.0190. The smallest absolute Gasteiger partial charge is 0.274 e. The van der Waals surface area contributed by atoms with Gasteiger partial charge in [-0.1, -0.05) is 40.0 Å². The van der Waals surface area contributed by atoms with E-state index in [0.717, 1.165) is 30.5 Å². The molecule has 0 unspecified atom stereocenters. The number of hydrogen-bond donors (Lipinski definition) is 1. The molecule has 1 saturated carbocycles. The molecule has 2 aliphatic rings. The molecule has 0 bridgehead atoms. The molecule has 0 spiro atoms. The van der Waals surface area contributed by atoms with Gasteiger partial charge in [-0.05, 0) is 12.8 Å². The molecular weight excluding hydrogens is 316 g/mol. The molecular formula is C19H30N4O2. The molecule has 1 aliphatic heterocycles. The first kappa shape index (κ1) is 18.0. The Morgan fingerprint density at radius 3 is 2.52 bits per heavy atom. The van der Waals surface area contributed by atoms with Gasteiger partial charge in [0.1, 0.15) is 0 Å². The number of carbonyl (C=O) groups is 2. The summed E-state index contributed by atoms with van der Waals surface area (Å²) in [4.78, 5) is 29.3. The Labute approximate surface area is 149 Å². The summed E-state index contributed by atoms with van der Waals surface area (Å²) in [5.74, 6) is 0.104. The number of rotatable bonds is 2. The molecule has 1 aromatic rings. The van der Waals surface area contributed by atoms with Crippen molar-refractivity contribution in [2.75, 3.05) is 13.6 Å². The number of aromatic nitrogens is 2. The molecule has 2 heterocycles. The molecule has 6 heteroatoms. The van der Waals surface area contributed by atoms with Crippen molar-refractivity contribution in [1.29, 1.82) is 0 Å². The van der Waals surface area contributed by atoms with E-state index in [4.69, 9.17) is 0 Å². The molecule has 138 valence electrons. The van der Waals surface area contributed by atoms with E-state index in [2.05, 4.69) is 10.2 Å². The Balaban J connectivity index is 1.78. The van der Waals surface area contributed by atoms with Gasteiger partial charge in [0.05, 0.1) is 0 Å². The maximum atomic E-state index is 13.0. The van der Waals surface area contributed by atoms with Gasteiger partial charge in [-0.15, -0.1) is 0 Å². The predicted molar refractivity (Wildman–Crippen MR) is 96.1 cm³/mol. The monoisotopic (exact) mass is 346 g/mol. The van der Waals surface area contributed by atoms with Crippen LogP contribution in [-0.2, 0) is 17.8 Å². The number of aromatic amines is 1. The minimum atomic E-state index is -0.412. The second-order valence-electron chi connectivity index (χ2n) is 8.46. The lowest BCUT2D eigenvalue weighted by Crippen LogP contribution is -2.43. The van der Waals surface area contributed by atoms with E-state index in [0.29, 0.717) is 24.8 Å². The fourth-order valence-electron chi connectivity index (χ4n) is 3.92. The zero-order valence-corrected chi connectivity index (χ0v) is 15.9. The first-order valence-corrected chi connectivity index (χ1v) is 9.41. The summed E-state index contributed by atoms with van der Waals surface area (Å²) in [7, 11) is 1.89. The Morgan fingerprint density at radius 2 is 1.88 bits per heavy atom. The van der Waals surface area contributed by atoms with Crippen molar-refractivity contribution >= 4 is 11.8 Å². The van der Waals surface area contributed by atoms with E-state index in [9.17, 15) is 9.59 Å². The van der Waals surface area contributed by atoms with Crippen LogP contribution in [0, 0.1) is 5.41 Å². The van der Waals surface area contributed by atoms with Gasteiger partial charge in [-0.25, -0.2) is 0 Å². The van der Waals surface area contributed by atoms with Crippen LogP contribution >= 0.6 is 0 Å². The summed E-state index contributed by atoms with van der Waals surface area (Å²) in [5, 5.41) is 7.34. The molecule has 1 aliphatic carbocycles. The maximum Gasteiger partial charge on any atom is 0.274 e. The average Bonchev–Trinajstić information content (AvgIpc) is 3.02. The minimum Gasteiger partial charge on any atom is -0.337 e. The molecule has 0 atom stereocenters. The fraction of sp³-hybridized carbons (Fsp3) is 0.737. The topological polar surface area (TPSA) is 69.3 Å². The van der Waals surface area contributed by atoms with Crippen molar-refractivity contribution < 1.29 is 9.59 Å². The molecule has 1 N–H and O–H groups in total. The lowest BCUT2D eigenvalue weighted by Gasteiger charge is -2.33. The number of carbonyl (C=O) groups excluding carboxylic acids is 2. The zero-order valence-electron chi connectivity index (χ0n) is 15.9. The highest BCUT2D eigenvalue weighted by Crippen LogP contribution is 2.27. The highest BCUT2D eigenvalue weighted by Gasteiger charge is 2.34. The zero-order chi connectivity index (χ0) is 18.2. The van der Waals surface area contributed by atoms with Crippen LogP contribution in [0.3, 0.4) is 0 Å². The normalized spacial score (nSPS) is 18.8. The summed E-state index contributed by atoms with van der Waals surface area (Å²) >= 11 is 0. The molecule has 2 amide bonds. The summed E-state index contributed by atoms with van der Waals surface area (Å²) < 4.78 is 0. The second kappa shape index (κ2) is 6.81. The molecule has 0 saturated heterocycles. The Morgan fingerprint density at radius 1 is 1.20 bits per heavy atom. The van der Waals surface area contributed by atoms with Gasteiger partial charge in [0.25, 0.3) is 5.91 Å². The van der Waals surface area contributed by atoms with Crippen LogP contribution in [0.25, 0.3) is 0 Å². The second-order valence-corrected chi connectivity index (χ2v) is 8.46. The van der Waals surface area contributed by atoms with Gasteiger partial charge in [0.15, 0.2) is 5.69 Å². The predicted octanol–water partition coefficient (Wildman–Crippen LogP) is 2.75. The first-order chi connectivity index (χ1) is 11.8. The SMILES string of the molecule is CN(C(=O)c1n[nH]c2c1CN(C(=O)C(C)(C)C)CC2)C1CCCCC1. The largest absolute Gasteiger partial charge is 0.337 e. The van der Waals surface area contributed by atoms with Crippen LogP contribution in [-0.4, -0.2) is 51.4 Å². The van der Waals surface area contributed by atoms with Gasteiger partial charge >= 0.3 is 0 Å². The molecule has 6 nitrogen and oxygen atoms in total. The van der Waals surface area contributed by atoms with Crippen LogP contribution in [0.15, 0.2) is 0 Å². The Bertz CT molecular complexity index is 653. The molecule has 25 heavy (non-hydrogen) atoms. The third-order valence-corrected chi connectivity index (χ3v) is 5.51. The highest BCUT2D eigenvalue weighted by atomic mass is 16.2. The molecule has 3 rings (SSSR count). The number of H-pyrrole nitrogens is 1. The van der Waals surface area contributed by atoms with Crippen molar-refractivity contribution in [3.8, 4) is 0 Å². The fourth-order valence-corrected chi connectivity index (χ4v) is 3.92. The number of amides is 2. The number of nitrogens with zero attached hydrogens (tertiary/aromatic N) is 3. The number of hydrogen-bond acceptors (Lipinski definition) is 3. The summed E-state index contributed by atoms with van der Waals surface area (Å²) in [6, 6.07) is 0.310. The van der Waals surface area contributed by atoms with Crippen molar-refractivity contribution in [2.45, 2.75) is 71.9 Å². The van der Waals surface area contributed by atoms with Gasteiger partial charge in [-0.3, -0.25) is 14.7 Å². The third-order valence-electron chi connectivity index (χ3n) is 5.51. The van der Waals surface area contributed by atoms with E-state index in [-0.39, 0.29) is 11.8 Å². The lowest BCUT2D eigenvalue weighted by atomic mass is 9.92. The Kier molecular flexibility index (Phi) is 4.89. The average molecular weight is 346 g/mol. The summed E-state index contributed by atoms with van der Waals surface area (Å²) in [6.45, 7) is 6.95. The first-order valence-electron chi connectivity index (χ1n) is 9.41. The van der Waals surface area contributed by atoms with Gasteiger partial charge in [0, 0.05) is 49.3 Å². The van der Waals surface area contributed by atoms with Gasteiger partial charge < -0.3 is 9.80 Å². The van der Waals surface area contributed by atoms with Crippen molar-refractivity contribution in [1.82, 2.24) is 20.0 Å². The van der Waals surface area contributed by atoms with Crippen LogP contribution in [0.5, 0.6) is 0 Å². The van der Waals surface area contributed by atoms with Crippen LogP contribution in [0.2, 0.25) is 0 Å². The summed E-state index contributed by atoms with van der Waals surface area (Å²) in [6.07, 6.45) is 6.52. The van der Waals surface area contributed by atoms with Crippen molar-refractivity contribution in [3.63, 3.8) is 0 Å². The standard InChI is InChI=1S/C19H30N4O2/c1-19(2,3)18(25)23-11-10-15-14(12-23)16(21-20-15)17(24)22(4)13-8-6-5-7-9-13/h13H,5-12H2,1-4H3,(H,20,21). The van der Waals surface area contributed by atoms with E-state index < -0.39 is 5.41 Å². The maximum absolute atomic E-state index is 13.0. The molecule has 0 aromatic carbocycles. The van der Waals surface area contributed by atoms with Gasteiger partial charge in [0.2, 0.25) is 5.91 Å². The molecule has 0 radical (unpaired) electrons. The molecule has 1 aromatic heterocycles. The van der Waals surface area contributed by atoms with E-state index >= 15 is 0 Å². The number of fused-ring (bicyclic) bond motifs is 1. The molecule has 1 fully saturated rings. The van der Waals surface area contributed by atoms with E-state index in [1.807, 2.05) is 37.6 Å². The summed E-state index contributed by atoms with van der Waals surface area (Å²) in [5.41, 5.74) is 1.98. The van der Waals surface area contributed by atoms with Gasteiger partial charge in [-0.2, -0.15) is 5.10 Å². The van der Waals surface area contributed by atoms with Crippen LogP contribution in [0.4, 0.5) is 0 Å². The van der Waals surface area contributed by atoms with Crippen molar-refractivity contribution in [3.05, 3.63) is 17.0 Å². The van der Waals surface area contributed by atoms with Crippen LogP contribution in [0.1, 0.15) is 74.6 Å².